The Morgan fingerprint density at radius 1 is 0.941 bits per heavy atom. The zero-order valence-corrected chi connectivity index (χ0v) is 19.1. The fraction of sp³-hybridized carbons (Fsp3) is 0.700. The van der Waals surface area contributed by atoms with E-state index in [0.29, 0.717) is 17.7 Å². The monoisotopic (exact) mass is 486 g/mol. The van der Waals surface area contributed by atoms with E-state index < -0.39 is 90.2 Å². The average Bonchev–Trinajstić information content (AvgIpc) is 3.14. The number of rotatable bonds is 14. The summed E-state index contributed by atoms with van der Waals surface area (Å²) in [6.07, 6.45) is -0.674. The van der Waals surface area contributed by atoms with Crippen LogP contribution in [0.1, 0.15) is 39.0 Å². The number of unbranched alkanes of at least 4 members (excludes halogenated alkanes) is 1. The molecule has 1 rings (SSSR count). The summed E-state index contributed by atoms with van der Waals surface area (Å²) in [4.78, 5) is 78.3. The summed E-state index contributed by atoms with van der Waals surface area (Å²) in [5, 5.41) is 19.9. The number of carbonyl (C=O) groups excluding carboxylic acids is 5. The zero-order chi connectivity index (χ0) is 26.4. The van der Waals surface area contributed by atoms with Gasteiger partial charge in [0.1, 0.15) is 5.41 Å². The molecule has 5 unspecified atom stereocenters. The molecule has 0 aromatic rings. The number of hydrogen-bond acceptors (Lipinski definition) is 11. The molecule has 192 valence electrons. The smallest absolute Gasteiger partial charge is 0.339 e. The van der Waals surface area contributed by atoms with E-state index in [1.54, 1.807) is 0 Å². The Hall–Kier alpha value is -2.78. The fourth-order valence-corrected chi connectivity index (χ4v) is 4.66. The number of carbonyl (C=O) groups is 6. The molecule has 0 saturated carbocycles. The Balaban J connectivity index is 3.96. The van der Waals surface area contributed by atoms with Crippen LogP contribution in [0.25, 0.3) is 0 Å². The van der Waals surface area contributed by atoms with Crippen molar-refractivity contribution in [2.75, 3.05) is 19.7 Å². The van der Waals surface area contributed by atoms with Crippen molar-refractivity contribution in [3.05, 3.63) is 0 Å². The maximum absolute atomic E-state index is 13.7. The van der Waals surface area contributed by atoms with E-state index in [0.717, 1.165) is 6.92 Å². The Morgan fingerprint density at radius 3 is 1.94 bits per heavy atom. The summed E-state index contributed by atoms with van der Waals surface area (Å²) < 4.78 is 0. The molecular weight excluding hydrogens is 452 g/mol. The normalized spacial score (nSPS) is 24.8. The summed E-state index contributed by atoms with van der Waals surface area (Å²) >= 11 is 0. The van der Waals surface area contributed by atoms with E-state index >= 15 is 0 Å². The Bertz CT molecular complexity index is 851. The second-order valence-electron chi connectivity index (χ2n) is 8.39. The van der Waals surface area contributed by atoms with E-state index in [9.17, 15) is 39.0 Å². The highest BCUT2D eigenvalue weighted by molar-refractivity contribution is 6.26. The zero-order valence-electron chi connectivity index (χ0n) is 19.1. The van der Waals surface area contributed by atoms with E-state index in [1.807, 2.05) is 0 Å². The first-order chi connectivity index (χ1) is 15.8. The highest BCUT2D eigenvalue weighted by Crippen LogP contribution is 2.50. The average molecular weight is 487 g/mol. The third-order valence-electron chi connectivity index (χ3n) is 6.22. The van der Waals surface area contributed by atoms with Crippen molar-refractivity contribution in [3.8, 4) is 0 Å². The van der Waals surface area contributed by atoms with Crippen LogP contribution < -0.4 is 28.7 Å². The van der Waals surface area contributed by atoms with Crippen LogP contribution in [-0.4, -0.2) is 93.6 Å². The van der Waals surface area contributed by atoms with Gasteiger partial charge in [-0.15, -0.1) is 0 Å². The second kappa shape index (κ2) is 11.6. The number of primary amides is 1. The van der Waals surface area contributed by atoms with Crippen LogP contribution in [0.5, 0.6) is 0 Å². The van der Waals surface area contributed by atoms with Gasteiger partial charge in [0.25, 0.3) is 0 Å². The number of carboxylic acid groups (broad SMARTS) is 1. The number of aliphatic hydroxyl groups excluding tert-OH is 1. The molecule has 1 aliphatic heterocycles. The van der Waals surface area contributed by atoms with Gasteiger partial charge in [0.05, 0.1) is 24.7 Å². The highest BCUT2D eigenvalue weighted by Gasteiger charge is 2.76. The molecule has 34 heavy (non-hydrogen) atoms. The Labute approximate surface area is 196 Å². The topological polar surface area (TPSA) is 276 Å². The third-order valence-corrected chi connectivity index (χ3v) is 6.22. The lowest BCUT2D eigenvalue weighted by atomic mass is 9.58. The van der Waals surface area contributed by atoms with Crippen molar-refractivity contribution in [2.24, 2.45) is 34.1 Å². The molecule has 5 atom stereocenters. The van der Waals surface area contributed by atoms with Crippen LogP contribution in [0.15, 0.2) is 0 Å². The largest absolute Gasteiger partial charge is 0.479 e. The number of carboxylic acids is 1. The quantitative estimate of drug-likeness (QED) is 0.0907. The van der Waals surface area contributed by atoms with Crippen molar-refractivity contribution in [1.82, 2.24) is 4.90 Å². The molecule has 0 bridgehead atoms. The molecule has 0 aromatic carbocycles. The summed E-state index contributed by atoms with van der Waals surface area (Å²) in [7, 11) is 0. The number of aliphatic hydroxyl groups is 1. The molecule has 12 N–H and O–H groups in total. The van der Waals surface area contributed by atoms with Gasteiger partial charge in [-0.3, -0.25) is 24.0 Å². The van der Waals surface area contributed by atoms with E-state index in [1.165, 1.54) is 0 Å². The first kappa shape index (κ1) is 29.3. The van der Waals surface area contributed by atoms with Gasteiger partial charge in [0.2, 0.25) is 17.4 Å². The number of nitrogens with zero attached hydrogens (tertiary/aromatic N) is 1. The standard InChI is InChI=1S/C20H34N6O8/c1-10(28)26-7-5-19(16(31)13(24)9-27,15(30)12(23)8-14(25)29)20(26,18(33)34)17(32)11(22)4-2-3-6-21/h11-13,27H,2-9,21-24H2,1H3,(H2,25,29)(H,33,34). The van der Waals surface area contributed by atoms with Gasteiger partial charge >= 0.3 is 5.97 Å². The summed E-state index contributed by atoms with van der Waals surface area (Å²) in [6, 6.07) is -5.09. The number of Topliss-reactive ketones (excluding diaryl/α,β-unsaturated/α-hetero) is 3. The molecule has 1 fully saturated rings. The lowest BCUT2D eigenvalue weighted by molar-refractivity contribution is -0.175. The number of aliphatic carboxylic acids is 1. The van der Waals surface area contributed by atoms with E-state index in [-0.39, 0.29) is 13.0 Å². The minimum absolute atomic E-state index is 0.0470. The third kappa shape index (κ3) is 4.86. The molecule has 1 heterocycles. The number of ketones is 3. The predicted octanol–water partition coefficient (Wildman–Crippen LogP) is -4.27. The number of likely N-dealkylation sites (tertiary alicyclic amines) is 1. The van der Waals surface area contributed by atoms with Crippen LogP contribution in [0.2, 0.25) is 0 Å². The molecule has 0 radical (unpaired) electrons. The minimum Gasteiger partial charge on any atom is -0.479 e. The molecular formula is C20H34N6O8. The predicted molar refractivity (Wildman–Crippen MR) is 118 cm³/mol. The first-order valence-corrected chi connectivity index (χ1v) is 10.8. The molecule has 1 aliphatic rings. The molecule has 2 amide bonds. The molecule has 1 saturated heterocycles. The minimum atomic E-state index is -3.10. The molecule has 0 spiro atoms. The number of nitrogens with two attached hydrogens (primary N) is 5. The van der Waals surface area contributed by atoms with Gasteiger partial charge in [-0.05, 0) is 25.8 Å². The number of amides is 2. The van der Waals surface area contributed by atoms with Crippen molar-refractivity contribution < 1.29 is 39.0 Å². The van der Waals surface area contributed by atoms with Crippen molar-refractivity contribution in [3.63, 3.8) is 0 Å². The fourth-order valence-electron chi connectivity index (χ4n) is 4.66. The van der Waals surface area contributed by atoms with Crippen molar-refractivity contribution in [1.29, 1.82) is 0 Å². The number of hydrogen-bond donors (Lipinski definition) is 7. The van der Waals surface area contributed by atoms with Crippen LogP contribution in [0, 0.1) is 5.41 Å². The summed E-state index contributed by atoms with van der Waals surface area (Å²) in [6.45, 7) is -0.253. The van der Waals surface area contributed by atoms with Crippen molar-refractivity contribution >= 4 is 35.1 Å². The summed E-state index contributed by atoms with van der Waals surface area (Å²) in [5.74, 6) is -7.83. The second-order valence-corrected chi connectivity index (χ2v) is 8.39. The molecule has 14 nitrogen and oxygen atoms in total. The van der Waals surface area contributed by atoms with Gasteiger partial charge in [0.15, 0.2) is 17.3 Å². The van der Waals surface area contributed by atoms with Gasteiger partial charge in [0, 0.05) is 19.9 Å². The highest BCUT2D eigenvalue weighted by atomic mass is 16.4. The maximum atomic E-state index is 13.7. The first-order valence-electron chi connectivity index (χ1n) is 10.8. The van der Waals surface area contributed by atoms with Crippen LogP contribution >= 0.6 is 0 Å². The van der Waals surface area contributed by atoms with Gasteiger partial charge in [-0.2, -0.15) is 0 Å². The Morgan fingerprint density at radius 2 is 1.50 bits per heavy atom. The van der Waals surface area contributed by atoms with Crippen LogP contribution in [0.4, 0.5) is 0 Å². The SMILES string of the molecule is CC(=O)N1CCC(C(=O)C(N)CO)(C(=O)C(N)CC(N)=O)C1(C(=O)O)C(=O)C(N)CCCCN. The maximum Gasteiger partial charge on any atom is 0.339 e. The molecule has 14 heteroatoms. The van der Waals surface area contributed by atoms with Crippen molar-refractivity contribution in [2.45, 2.75) is 62.7 Å². The van der Waals surface area contributed by atoms with E-state index in [2.05, 4.69) is 0 Å². The Kier molecular flexibility index (Phi) is 9.96. The molecule has 0 aliphatic carbocycles. The van der Waals surface area contributed by atoms with Gasteiger partial charge in [-0.1, -0.05) is 6.42 Å². The van der Waals surface area contributed by atoms with Gasteiger partial charge in [-0.25, -0.2) is 4.79 Å². The van der Waals surface area contributed by atoms with E-state index in [4.69, 9.17) is 28.7 Å². The van der Waals surface area contributed by atoms with Crippen LogP contribution in [-0.2, 0) is 28.8 Å². The molecule has 0 aromatic heterocycles. The van der Waals surface area contributed by atoms with Crippen LogP contribution in [0.3, 0.4) is 0 Å². The lowest BCUT2D eigenvalue weighted by Gasteiger charge is -2.45. The lowest BCUT2D eigenvalue weighted by Crippen LogP contribution is -2.75. The van der Waals surface area contributed by atoms with Gasteiger partial charge < -0.3 is 43.8 Å². The summed E-state index contributed by atoms with van der Waals surface area (Å²) in [5.41, 5.74) is 22.2.